The third-order valence-electron chi connectivity index (χ3n) is 1.55. The maximum absolute atomic E-state index is 10.2. The smallest absolute Gasteiger partial charge is 0.307 e. The lowest BCUT2D eigenvalue weighted by Crippen LogP contribution is -1.89. The van der Waals surface area contributed by atoms with Crippen molar-refractivity contribution in [2.24, 2.45) is 0 Å². The van der Waals surface area contributed by atoms with Crippen LogP contribution in [0.1, 0.15) is 12.0 Å². The Morgan fingerprint density at radius 3 is 2.71 bits per heavy atom. The molecule has 0 spiro atoms. The molecule has 0 bridgehead atoms. The monoisotopic (exact) mass is 230 g/mol. The Hall–Kier alpha value is -0.990. The molecule has 0 aromatic heterocycles. The third-order valence-corrected chi connectivity index (χ3v) is 2.11. The zero-order valence-corrected chi connectivity index (χ0v) is 8.72. The van der Waals surface area contributed by atoms with Crippen LogP contribution in [-0.4, -0.2) is 11.1 Å². The molecule has 0 radical (unpaired) electrons. The van der Waals surface area contributed by atoms with Gasteiger partial charge in [0, 0.05) is 10.0 Å². The van der Waals surface area contributed by atoms with E-state index in [0.29, 0.717) is 10.0 Å². The first-order valence-electron chi connectivity index (χ1n) is 3.93. The number of halogens is 2. The summed E-state index contributed by atoms with van der Waals surface area (Å²) in [7, 11) is 0. The minimum absolute atomic E-state index is 0.0149. The van der Waals surface area contributed by atoms with Crippen molar-refractivity contribution in [1.82, 2.24) is 0 Å². The Kier molecular flexibility index (Phi) is 3.98. The normalized spacial score (nSPS) is 10.7. The number of carboxylic acid groups (broad SMARTS) is 1. The highest BCUT2D eigenvalue weighted by Gasteiger charge is 1.97. The van der Waals surface area contributed by atoms with Gasteiger partial charge in [-0.3, -0.25) is 4.79 Å². The van der Waals surface area contributed by atoms with Crippen LogP contribution >= 0.6 is 23.2 Å². The van der Waals surface area contributed by atoms with E-state index >= 15 is 0 Å². The molecule has 0 saturated carbocycles. The summed E-state index contributed by atoms with van der Waals surface area (Å²) in [5.41, 5.74) is 0.761. The topological polar surface area (TPSA) is 37.3 Å². The summed E-state index contributed by atoms with van der Waals surface area (Å²) in [4.78, 5) is 10.2. The van der Waals surface area contributed by atoms with Crippen LogP contribution in [0.5, 0.6) is 0 Å². The molecule has 0 saturated heterocycles. The third kappa shape index (κ3) is 3.40. The van der Waals surface area contributed by atoms with Gasteiger partial charge in [-0.25, -0.2) is 0 Å². The van der Waals surface area contributed by atoms with Gasteiger partial charge < -0.3 is 5.11 Å². The van der Waals surface area contributed by atoms with Crippen molar-refractivity contribution >= 4 is 35.2 Å². The number of carboxylic acids is 1. The van der Waals surface area contributed by atoms with Crippen LogP contribution in [0.15, 0.2) is 24.3 Å². The molecule has 14 heavy (non-hydrogen) atoms. The molecule has 0 amide bonds. The van der Waals surface area contributed by atoms with Crippen molar-refractivity contribution in [1.29, 1.82) is 0 Å². The molecule has 1 rings (SSSR count). The maximum Gasteiger partial charge on any atom is 0.307 e. The molecule has 1 aromatic carbocycles. The zero-order chi connectivity index (χ0) is 10.6. The van der Waals surface area contributed by atoms with Crippen LogP contribution in [0, 0.1) is 0 Å². The van der Waals surface area contributed by atoms with Gasteiger partial charge in [0.25, 0.3) is 0 Å². The molecule has 0 atom stereocenters. The van der Waals surface area contributed by atoms with E-state index < -0.39 is 5.97 Å². The van der Waals surface area contributed by atoms with Crippen molar-refractivity contribution in [2.45, 2.75) is 6.42 Å². The second-order valence-electron chi connectivity index (χ2n) is 2.67. The fourth-order valence-electron chi connectivity index (χ4n) is 0.923. The van der Waals surface area contributed by atoms with Crippen molar-refractivity contribution < 1.29 is 9.90 Å². The molecule has 74 valence electrons. The SMILES string of the molecule is O=C(O)C/C=C/c1ccc(Cl)cc1Cl. The van der Waals surface area contributed by atoms with E-state index in [1.807, 2.05) is 0 Å². The van der Waals surface area contributed by atoms with Crippen LogP contribution in [0.3, 0.4) is 0 Å². The number of benzene rings is 1. The van der Waals surface area contributed by atoms with E-state index in [9.17, 15) is 4.79 Å². The minimum Gasteiger partial charge on any atom is -0.481 e. The van der Waals surface area contributed by atoms with Gasteiger partial charge in [0.05, 0.1) is 6.42 Å². The molecule has 4 heteroatoms. The van der Waals surface area contributed by atoms with Crippen molar-refractivity contribution in [3.63, 3.8) is 0 Å². The summed E-state index contributed by atoms with van der Waals surface area (Å²) in [5, 5.41) is 9.47. The first kappa shape index (κ1) is 11.1. The predicted molar refractivity (Wildman–Crippen MR) is 57.7 cm³/mol. The van der Waals surface area contributed by atoms with Crippen LogP contribution in [-0.2, 0) is 4.79 Å². The summed E-state index contributed by atoms with van der Waals surface area (Å²) in [6, 6.07) is 5.06. The predicted octanol–water partition coefficient (Wildman–Crippen LogP) is 3.48. The van der Waals surface area contributed by atoms with Crippen molar-refractivity contribution in [2.75, 3.05) is 0 Å². The van der Waals surface area contributed by atoms with Crippen LogP contribution in [0.25, 0.3) is 6.08 Å². The van der Waals surface area contributed by atoms with Crippen LogP contribution < -0.4 is 0 Å². The molecule has 0 aliphatic rings. The molecular formula is C10H8Cl2O2. The summed E-state index contributed by atoms with van der Waals surface area (Å²) < 4.78 is 0. The number of hydrogen-bond donors (Lipinski definition) is 1. The average Bonchev–Trinajstić information content (AvgIpc) is 2.08. The molecule has 1 N–H and O–H groups in total. The van der Waals surface area contributed by atoms with E-state index in [-0.39, 0.29) is 6.42 Å². The van der Waals surface area contributed by atoms with E-state index in [0.717, 1.165) is 5.56 Å². The Labute approximate surface area is 91.8 Å². The van der Waals surface area contributed by atoms with E-state index in [2.05, 4.69) is 0 Å². The Bertz CT molecular complexity index is 372. The minimum atomic E-state index is -0.869. The quantitative estimate of drug-likeness (QED) is 0.864. The summed E-state index contributed by atoms with van der Waals surface area (Å²) in [5.74, 6) is -0.869. The van der Waals surface area contributed by atoms with Gasteiger partial charge in [-0.05, 0) is 17.7 Å². The molecule has 0 fully saturated rings. The fraction of sp³-hybridized carbons (Fsp3) is 0.100. The Morgan fingerprint density at radius 1 is 1.43 bits per heavy atom. The molecule has 0 heterocycles. The highest BCUT2D eigenvalue weighted by Crippen LogP contribution is 2.21. The van der Waals surface area contributed by atoms with Gasteiger partial charge in [0.2, 0.25) is 0 Å². The second-order valence-corrected chi connectivity index (χ2v) is 3.51. The number of carbonyl (C=O) groups is 1. The lowest BCUT2D eigenvalue weighted by atomic mass is 10.2. The summed E-state index contributed by atoms with van der Waals surface area (Å²) >= 11 is 11.6. The molecule has 1 aromatic rings. The summed E-state index contributed by atoms with van der Waals surface area (Å²) in [6.07, 6.45) is 3.18. The van der Waals surface area contributed by atoms with Gasteiger partial charge >= 0.3 is 5.97 Å². The fourth-order valence-corrected chi connectivity index (χ4v) is 1.39. The van der Waals surface area contributed by atoms with Gasteiger partial charge in [0.15, 0.2) is 0 Å². The Balaban J connectivity index is 2.76. The standard InChI is InChI=1S/C10H8Cl2O2/c11-8-5-4-7(9(12)6-8)2-1-3-10(13)14/h1-2,4-6H,3H2,(H,13,14)/b2-1+. The number of aliphatic carboxylic acids is 1. The lowest BCUT2D eigenvalue weighted by Gasteiger charge is -1.97. The summed E-state index contributed by atoms with van der Waals surface area (Å²) in [6.45, 7) is 0. The second kappa shape index (κ2) is 5.03. The van der Waals surface area contributed by atoms with Crippen LogP contribution in [0.2, 0.25) is 10.0 Å². The first-order chi connectivity index (χ1) is 6.59. The highest BCUT2D eigenvalue weighted by atomic mass is 35.5. The van der Waals surface area contributed by atoms with E-state index in [1.165, 1.54) is 6.08 Å². The van der Waals surface area contributed by atoms with Crippen LogP contribution in [0.4, 0.5) is 0 Å². The van der Waals surface area contributed by atoms with Gasteiger partial charge in [-0.15, -0.1) is 0 Å². The average molecular weight is 231 g/mol. The van der Waals surface area contributed by atoms with E-state index in [4.69, 9.17) is 28.3 Å². The highest BCUT2D eigenvalue weighted by molar-refractivity contribution is 6.35. The largest absolute Gasteiger partial charge is 0.481 e. The van der Waals surface area contributed by atoms with Gasteiger partial charge in [-0.2, -0.15) is 0 Å². The number of rotatable bonds is 3. The first-order valence-corrected chi connectivity index (χ1v) is 4.68. The molecule has 0 aliphatic heterocycles. The molecule has 0 unspecified atom stereocenters. The molecular weight excluding hydrogens is 223 g/mol. The Morgan fingerprint density at radius 2 is 2.14 bits per heavy atom. The zero-order valence-electron chi connectivity index (χ0n) is 7.21. The molecule has 0 aliphatic carbocycles. The number of hydrogen-bond acceptors (Lipinski definition) is 1. The van der Waals surface area contributed by atoms with Crippen molar-refractivity contribution in [3.05, 3.63) is 39.9 Å². The van der Waals surface area contributed by atoms with E-state index in [1.54, 1.807) is 24.3 Å². The van der Waals surface area contributed by atoms with Crippen molar-refractivity contribution in [3.8, 4) is 0 Å². The molecule has 2 nitrogen and oxygen atoms in total. The van der Waals surface area contributed by atoms with Gasteiger partial charge in [-0.1, -0.05) is 41.4 Å². The maximum atomic E-state index is 10.2. The lowest BCUT2D eigenvalue weighted by molar-refractivity contribution is -0.135. The van der Waals surface area contributed by atoms with Gasteiger partial charge in [0.1, 0.15) is 0 Å².